The summed E-state index contributed by atoms with van der Waals surface area (Å²) in [7, 11) is 1.52. The topological polar surface area (TPSA) is 85.1 Å². The standard InChI is InChI=1S/C18H17N3O4/c1-24-15-3-2-7-21-17(15)20-16(13(10-22)18(21)23)19-12-4-5-14-11(9-12)6-8-25-14/h2-5,7,9,19,22H,6,8,10H2,1H3. The van der Waals surface area contributed by atoms with E-state index >= 15 is 0 Å². The molecular formula is C18H17N3O4. The van der Waals surface area contributed by atoms with E-state index in [1.54, 1.807) is 18.3 Å². The number of anilines is 2. The van der Waals surface area contributed by atoms with Crippen molar-refractivity contribution in [1.29, 1.82) is 0 Å². The SMILES string of the molecule is COc1cccn2c(=O)c(CO)c(Nc3ccc4c(c3)CCO4)nc12. The van der Waals surface area contributed by atoms with Gasteiger partial charge in [-0.05, 0) is 35.9 Å². The van der Waals surface area contributed by atoms with Crippen molar-refractivity contribution in [3.05, 3.63) is 58.0 Å². The normalized spacial score (nSPS) is 12.7. The van der Waals surface area contributed by atoms with Crippen molar-refractivity contribution in [2.75, 3.05) is 19.0 Å². The van der Waals surface area contributed by atoms with Gasteiger partial charge in [-0.25, -0.2) is 4.98 Å². The molecule has 2 N–H and O–H groups in total. The highest BCUT2D eigenvalue weighted by molar-refractivity contribution is 5.66. The Hall–Kier alpha value is -3.06. The molecule has 0 unspecified atom stereocenters. The summed E-state index contributed by atoms with van der Waals surface area (Å²) in [5.41, 5.74) is 2.14. The Labute approximate surface area is 143 Å². The lowest BCUT2D eigenvalue weighted by Crippen LogP contribution is -2.22. The fourth-order valence-electron chi connectivity index (χ4n) is 2.98. The molecule has 0 spiro atoms. The first-order valence-electron chi connectivity index (χ1n) is 7.93. The Morgan fingerprint density at radius 1 is 1.40 bits per heavy atom. The third-order valence-electron chi connectivity index (χ3n) is 4.24. The zero-order valence-electron chi connectivity index (χ0n) is 13.7. The summed E-state index contributed by atoms with van der Waals surface area (Å²) in [5.74, 6) is 1.67. The maximum absolute atomic E-state index is 12.7. The van der Waals surface area contributed by atoms with Crippen LogP contribution in [0.2, 0.25) is 0 Å². The highest BCUT2D eigenvalue weighted by Crippen LogP contribution is 2.29. The van der Waals surface area contributed by atoms with Crippen molar-refractivity contribution in [3.8, 4) is 11.5 Å². The van der Waals surface area contributed by atoms with Crippen LogP contribution in [0.4, 0.5) is 11.5 Å². The number of fused-ring (bicyclic) bond motifs is 2. The van der Waals surface area contributed by atoms with E-state index in [1.807, 2.05) is 18.2 Å². The summed E-state index contributed by atoms with van der Waals surface area (Å²) in [6.45, 7) is 0.260. The zero-order chi connectivity index (χ0) is 17.4. The number of hydrogen-bond donors (Lipinski definition) is 2. The summed E-state index contributed by atoms with van der Waals surface area (Å²) in [6, 6.07) is 9.14. The van der Waals surface area contributed by atoms with Crippen molar-refractivity contribution in [3.63, 3.8) is 0 Å². The van der Waals surface area contributed by atoms with Crippen LogP contribution >= 0.6 is 0 Å². The van der Waals surface area contributed by atoms with Crippen LogP contribution in [0.3, 0.4) is 0 Å². The van der Waals surface area contributed by atoms with Crippen LogP contribution in [-0.4, -0.2) is 28.2 Å². The lowest BCUT2D eigenvalue weighted by Gasteiger charge is -2.13. The number of nitrogens with zero attached hydrogens (tertiary/aromatic N) is 2. The first-order chi connectivity index (χ1) is 12.2. The molecule has 0 fully saturated rings. The van der Waals surface area contributed by atoms with E-state index in [1.165, 1.54) is 11.5 Å². The van der Waals surface area contributed by atoms with Crippen molar-refractivity contribution >= 4 is 17.2 Å². The lowest BCUT2D eigenvalue weighted by molar-refractivity contribution is 0.280. The van der Waals surface area contributed by atoms with Gasteiger partial charge in [0.05, 0.1) is 25.9 Å². The summed E-state index contributed by atoms with van der Waals surface area (Å²) in [4.78, 5) is 17.2. The average Bonchev–Trinajstić information content (AvgIpc) is 3.09. The van der Waals surface area contributed by atoms with Gasteiger partial charge in [-0.2, -0.15) is 0 Å². The van der Waals surface area contributed by atoms with E-state index in [0.29, 0.717) is 23.8 Å². The minimum absolute atomic E-state index is 0.197. The number of benzene rings is 1. The van der Waals surface area contributed by atoms with Gasteiger partial charge in [0.1, 0.15) is 11.6 Å². The van der Waals surface area contributed by atoms with Crippen molar-refractivity contribution in [2.24, 2.45) is 0 Å². The minimum Gasteiger partial charge on any atom is -0.493 e. The molecule has 7 nitrogen and oxygen atoms in total. The molecular weight excluding hydrogens is 322 g/mol. The van der Waals surface area contributed by atoms with Gasteiger partial charge in [0.15, 0.2) is 11.4 Å². The number of hydrogen-bond acceptors (Lipinski definition) is 6. The van der Waals surface area contributed by atoms with Crippen LogP contribution in [0.15, 0.2) is 41.3 Å². The maximum Gasteiger partial charge on any atom is 0.265 e. The predicted molar refractivity (Wildman–Crippen MR) is 92.9 cm³/mol. The summed E-state index contributed by atoms with van der Waals surface area (Å²) in [6.07, 6.45) is 2.45. The molecule has 1 aliphatic rings. The minimum atomic E-state index is -0.414. The molecule has 3 heterocycles. The Balaban J connectivity index is 1.84. The van der Waals surface area contributed by atoms with Crippen LogP contribution in [0.25, 0.3) is 5.65 Å². The van der Waals surface area contributed by atoms with Crippen molar-refractivity contribution in [2.45, 2.75) is 13.0 Å². The molecule has 1 aromatic carbocycles. The van der Waals surface area contributed by atoms with E-state index in [4.69, 9.17) is 9.47 Å². The second-order valence-electron chi connectivity index (χ2n) is 5.72. The largest absolute Gasteiger partial charge is 0.493 e. The van der Waals surface area contributed by atoms with E-state index < -0.39 is 6.61 Å². The monoisotopic (exact) mass is 339 g/mol. The highest BCUT2D eigenvalue weighted by Gasteiger charge is 2.16. The number of pyridine rings is 1. The van der Waals surface area contributed by atoms with E-state index in [9.17, 15) is 9.90 Å². The summed E-state index contributed by atoms with van der Waals surface area (Å²) >= 11 is 0. The van der Waals surface area contributed by atoms with Gasteiger partial charge >= 0.3 is 0 Å². The second-order valence-corrected chi connectivity index (χ2v) is 5.72. The lowest BCUT2D eigenvalue weighted by atomic mass is 10.1. The smallest absolute Gasteiger partial charge is 0.265 e. The Morgan fingerprint density at radius 3 is 3.08 bits per heavy atom. The third-order valence-corrected chi connectivity index (χ3v) is 4.24. The second kappa shape index (κ2) is 6.10. The molecule has 4 rings (SSSR count). The molecule has 0 amide bonds. The van der Waals surface area contributed by atoms with Gasteiger partial charge in [0, 0.05) is 18.3 Å². The summed E-state index contributed by atoms with van der Waals surface area (Å²) in [5, 5.41) is 12.8. The number of aliphatic hydroxyl groups is 1. The fourth-order valence-corrected chi connectivity index (χ4v) is 2.98. The van der Waals surface area contributed by atoms with Crippen LogP contribution in [0, 0.1) is 0 Å². The molecule has 0 saturated carbocycles. The Bertz CT molecular complexity index is 1010. The Morgan fingerprint density at radius 2 is 2.28 bits per heavy atom. The van der Waals surface area contributed by atoms with Gasteiger partial charge in [-0.15, -0.1) is 0 Å². The third kappa shape index (κ3) is 2.58. The molecule has 0 saturated heterocycles. The molecule has 0 radical (unpaired) electrons. The molecule has 2 aromatic heterocycles. The molecule has 0 atom stereocenters. The molecule has 3 aromatic rings. The van der Waals surface area contributed by atoms with E-state index in [-0.39, 0.29) is 11.1 Å². The van der Waals surface area contributed by atoms with E-state index in [0.717, 1.165) is 23.4 Å². The first-order valence-corrected chi connectivity index (χ1v) is 7.93. The maximum atomic E-state index is 12.7. The average molecular weight is 339 g/mol. The van der Waals surface area contributed by atoms with Gasteiger partial charge in [-0.3, -0.25) is 9.20 Å². The molecule has 7 heteroatoms. The predicted octanol–water partition coefficient (Wildman–Crippen LogP) is 1.87. The van der Waals surface area contributed by atoms with Crippen LogP contribution in [-0.2, 0) is 13.0 Å². The van der Waals surface area contributed by atoms with Crippen LogP contribution < -0.4 is 20.3 Å². The van der Waals surface area contributed by atoms with Gasteiger partial charge in [-0.1, -0.05) is 0 Å². The number of nitrogens with one attached hydrogen (secondary N) is 1. The molecule has 25 heavy (non-hydrogen) atoms. The highest BCUT2D eigenvalue weighted by atomic mass is 16.5. The Kier molecular flexibility index (Phi) is 3.77. The fraction of sp³-hybridized carbons (Fsp3) is 0.222. The van der Waals surface area contributed by atoms with Crippen LogP contribution in [0.5, 0.6) is 11.5 Å². The number of rotatable bonds is 4. The molecule has 0 aliphatic carbocycles. The van der Waals surface area contributed by atoms with Gasteiger partial charge in [0.25, 0.3) is 5.56 Å². The molecule has 0 bridgehead atoms. The van der Waals surface area contributed by atoms with Crippen LogP contribution in [0.1, 0.15) is 11.1 Å². The van der Waals surface area contributed by atoms with Gasteiger partial charge in [0.2, 0.25) is 0 Å². The zero-order valence-corrected chi connectivity index (χ0v) is 13.7. The number of aliphatic hydroxyl groups excluding tert-OH is 1. The number of methoxy groups -OCH3 is 1. The molecule has 128 valence electrons. The quantitative estimate of drug-likeness (QED) is 0.755. The molecule has 1 aliphatic heterocycles. The number of aromatic nitrogens is 2. The van der Waals surface area contributed by atoms with Crippen molar-refractivity contribution in [1.82, 2.24) is 9.38 Å². The van der Waals surface area contributed by atoms with Gasteiger partial charge < -0.3 is 19.9 Å². The van der Waals surface area contributed by atoms with E-state index in [2.05, 4.69) is 10.3 Å². The van der Waals surface area contributed by atoms with Crippen molar-refractivity contribution < 1.29 is 14.6 Å². The summed E-state index contributed by atoms with van der Waals surface area (Å²) < 4.78 is 12.2. The first kappa shape index (κ1) is 15.5. The number of ether oxygens (including phenoxy) is 2.